The number of rotatable bonds is 6. The van der Waals surface area contributed by atoms with Crippen LogP contribution in [0.4, 0.5) is 0 Å². The van der Waals surface area contributed by atoms with E-state index in [0.717, 1.165) is 24.9 Å². The molecule has 1 rings (SSSR count). The number of nitrogens with one attached hydrogen (secondary N) is 1. The minimum atomic E-state index is 0.0885. The van der Waals surface area contributed by atoms with Gasteiger partial charge in [0.05, 0.1) is 0 Å². The van der Waals surface area contributed by atoms with Crippen LogP contribution in [-0.4, -0.2) is 23.3 Å². The molecule has 5 N–H and O–H groups in total. The van der Waals surface area contributed by atoms with Crippen LogP contribution in [0, 0.1) is 0 Å². The molecule has 1 aromatic rings. The number of phenols is 2. The maximum absolute atomic E-state index is 9.35. The second-order valence-electron chi connectivity index (χ2n) is 3.95. The average molecular weight is 224 g/mol. The van der Waals surface area contributed by atoms with Gasteiger partial charge in [-0.3, -0.25) is 0 Å². The minimum Gasteiger partial charge on any atom is -0.508 e. The van der Waals surface area contributed by atoms with E-state index in [9.17, 15) is 10.2 Å². The van der Waals surface area contributed by atoms with Gasteiger partial charge >= 0.3 is 0 Å². The van der Waals surface area contributed by atoms with E-state index < -0.39 is 0 Å². The van der Waals surface area contributed by atoms with E-state index in [1.807, 2.05) is 6.92 Å². The van der Waals surface area contributed by atoms with E-state index in [1.54, 1.807) is 12.1 Å². The number of phenolic OH excluding ortho intramolecular Hbond substituents is 2. The topological polar surface area (TPSA) is 78.5 Å². The maximum atomic E-state index is 9.35. The van der Waals surface area contributed by atoms with Crippen molar-refractivity contribution in [1.82, 2.24) is 5.32 Å². The van der Waals surface area contributed by atoms with Gasteiger partial charge in [-0.05, 0) is 50.6 Å². The Morgan fingerprint density at radius 2 is 1.81 bits per heavy atom. The first-order valence-corrected chi connectivity index (χ1v) is 5.60. The SMILES string of the molecule is CC(NCCCCN)c1cc(O)cc(O)c1. The molecule has 0 aliphatic carbocycles. The van der Waals surface area contributed by atoms with Crippen molar-refractivity contribution in [2.24, 2.45) is 5.73 Å². The quantitative estimate of drug-likeness (QED) is 0.552. The van der Waals surface area contributed by atoms with Crippen molar-refractivity contribution >= 4 is 0 Å². The fourth-order valence-corrected chi connectivity index (χ4v) is 1.57. The monoisotopic (exact) mass is 224 g/mol. The molecule has 1 unspecified atom stereocenters. The Morgan fingerprint density at radius 3 is 2.38 bits per heavy atom. The summed E-state index contributed by atoms with van der Waals surface area (Å²) in [5.74, 6) is 0.177. The van der Waals surface area contributed by atoms with Crippen molar-refractivity contribution in [3.05, 3.63) is 23.8 Å². The summed E-state index contributed by atoms with van der Waals surface area (Å²) in [6, 6.07) is 4.74. The number of nitrogens with two attached hydrogens (primary N) is 1. The van der Waals surface area contributed by atoms with Crippen LogP contribution in [0.15, 0.2) is 18.2 Å². The summed E-state index contributed by atoms with van der Waals surface area (Å²) in [5.41, 5.74) is 6.28. The van der Waals surface area contributed by atoms with Gasteiger partial charge in [-0.1, -0.05) is 0 Å². The zero-order valence-electron chi connectivity index (χ0n) is 9.61. The second kappa shape index (κ2) is 6.35. The number of aromatic hydroxyl groups is 2. The average Bonchev–Trinajstić information content (AvgIpc) is 2.22. The standard InChI is InChI=1S/C12H20N2O2/c1-9(14-5-3-2-4-13)10-6-11(15)8-12(16)7-10/h6-9,14-16H,2-5,13H2,1H3. The van der Waals surface area contributed by atoms with E-state index >= 15 is 0 Å². The Labute approximate surface area is 96.1 Å². The zero-order valence-corrected chi connectivity index (χ0v) is 9.61. The summed E-state index contributed by atoms with van der Waals surface area (Å²) >= 11 is 0. The highest BCUT2D eigenvalue weighted by atomic mass is 16.3. The van der Waals surface area contributed by atoms with Gasteiger partial charge in [0, 0.05) is 12.1 Å². The molecule has 0 aliphatic rings. The second-order valence-corrected chi connectivity index (χ2v) is 3.95. The highest BCUT2D eigenvalue weighted by Gasteiger charge is 2.06. The predicted molar refractivity (Wildman–Crippen MR) is 64.5 cm³/mol. The number of unbranched alkanes of at least 4 members (excludes halogenated alkanes) is 1. The smallest absolute Gasteiger partial charge is 0.119 e. The third-order valence-electron chi connectivity index (χ3n) is 2.51. The van der Waals surface area contributed by atoms with Gasteiger partial charge in [0.2, 0.25) is 0 Å². The molecule has 4 nitrogen and oxygen atoms in total. The van der Waals surface area contributed by atoms with Crippen LogP contribution >= 0.6 is 0 Å². The third-order valence-corrected chi connectivity index (χ3v) is 2.51. The maximum Gasteiger partial charge on any atom is 0.119 e. The summed E-state index contributed by atoms with van der Waals surface area (Å²) in [7, 11) is 0. The normalized spacial score (nSPS) is 12.6. The molecule has 0 saturated carbocycles. The van der Waals surface area contributed by atoms with Crippen LogP contribution in [0.3, 0.4) is 0 Å². The third kappa shape index (κ3) is 4.08. The molecule has 0 spiro atoms. The molecule has 1 atom stereocenters. The van der Waals surface area contributed by atoms with Gasteiger partial charge in [-0.2, -0.15) is 0 Å². The summed E-state index contributed by atoms with van der Waals surface area (Å²) in [4.78, 5) is 0. The molecule has 1 aromatic carbocycles. The van der Waals surface area contributed by atoms with E-state index in [0.29, 0.717) is 6.54 Å². The lowest BCUT2D eigenvalue weighted by atomic mass is 10.1. The molecular weight excluding hydrogens is 204 g/mol. The van der Waals surface area contributed by atoms with Crippen molar-refractivity contribution < 1.29 is 10.2 Å². The molecule has 0 aliphatic heterocycles. The van der Waals surface area contributed by atoms with Crippen molar-refractivity contribution in [2.45, 2.75) is 25.8 Å². The molecule has 16 heavy (non-hydrogen) atoms. The Morgan fingerprint density at radius 1 is 1.19 bits per heavy atom. The first-order chi connectivity index (χ1) is 7.63. The lowest BCUT2D eigenvalue weighted by molar-refractivity contribution is 0.445. The van der Waals surface area contributed by atoms with Gasteiger partial charge in [0.1, 0.15) is 11.5 Å². The van der Waals surface area contributed by atoms with E-state index in [-0.39, 0.29) is 17.5 Å². The van der Waals surface area contributed by atoms with Crippen molar-refractivity contribution in [3.63, 3.8) is 0 Å². The van der Waals surface area contributed by atoms with E-state index in [2.05, 4.69) is 5.32 Å². The first-order valence-electron chi connectivity index (χ1n) is 5.60. The molecule has 90 valence electrons. The fraction of sp³-hybridized carbons (Fsp3) is 0.500. The molecule has 0 aromatic heterocycles. The number of hydrogen-bond acceptors (Lipinski definition) is 4. The van der Waals surface area contributed by atoms with Gasteiger partial charge in [0.25, 0.3) is 0 Å². The van der Waals surface area contributed by atoms with Crippen molar-refractivity contribution in [3.8, 4) is 11.5 Å². The van der Waals surface area contributed by atoms with E-state index in [1.165, 1.54) is 6.07 Å². The molecule has 0 heterocycles. The van der Waals surface area contributed by atoms with Crippen LogP contribution in [0.1, 0.15) is 31.4 Å². The Bertz CT molecular complexity index is 309. The fourth-order valence-electron chi connectivity index (χ4n) is 1.57. The van der Waals surface area contributed by atoms with Crippen LogP contribution in [0.5, 0.6) is 11.5 Å². The van der Waals surface area contributed by atoms with Gasteiger partial charge in [-0.15, -0.1) is 0 Å². The van der Waals surface area contributed by atoms with Crippen LogP contribution < -0.4 is 11.1 Å². The summed E-state index contributed by atoms with van der Waals surface area (Å²) in [5, 5.41) is 22.0. The highest BCUT2D eigenvalue weighted by Crippen LogP contribution is 2.24. The van der Waals surface area contributed by atoms with Gasteiger partial charge < -0.3 is 21.3 Å². The highest BCUT2D eigenvalue weighted by molar-refractivity contribution is 5.37. The summed E-state index contributed by atoms with van der Waals surface area (Å²) < 4.78 is 0. The minimum absolute atomic E-state index is 0.0885. The summed E-state index contributed by atoms with van der Waals surface area (Å²) in [6.45, 7) is 3.59. The molecular formula is C12H20N2O2. The molecule has 0 saturated heterocycles. The van der Waals surface area contributed by atoms with Crippen LogP contribution in [0.2, 0.25) is 0 Å². The van der Waals surface area contributed by atoms with Crippen molar-refractivity contribution in [2.75, 3.05) is 13.1 Å². The lowest BCUT2D eigenvalue weighted by Crippen LogP contribution is -2.20. The van der Waals surface area contributed by atoms with Gasteiger partial charge in [0.15, 0.2) is 0 Å². The molecule has 0 bridgehead atoms. The van der Waals surface area contributed by atoms with Gasteiger partial charge in [-0.25, -0.2) is 0 Å². The Hall–Kier alpha value is -1.26. The lowest BCUT2D eigenvalue weighted by Gasteiger charge is -2.14. The first kappa shape index (κ1) is 12.8. The number of benzene rings is 1. The molecule has 0 radical (unpaired) electrons. The number of hydrogen-bond donors (Lipinski definition) is 4. The van der Waals surface area contributed by atoms with Crippen LogP contribution in [0.25, 0.3) is 0 Å². The molecule has 4 heteroatoms. The van der Waals surface area contributed by atoms with Crippen molar-refractivity contribution in [1.29, 1.82) is 0 Å². The molecule has 0 fully saturated rings. The Balaban J connectivity index is 2.48. The predicted octanol–water partition coefficient (Wildman–Crippen LogP) is 1.49. The summed E-state index contributed by atoms with van der Waals surface area (Å²) in [6.07, 6.45) is 2.04. The van der Waals surface area contributed by atoms with E-state index in [4.69, 9.17) is 5.73 Å². The van der Waals surface area contributed by atoms with Crippen LogP contribution in [-0.2, 0) is 0 Å². The zero-order chi connectivity index (χ0) is 12.0. The molecule has 0 amide bonds. The Kier molecular flexibility index (Phi) is 5.08. The largest absolute Gasteiger partial charge is 0.508 e.